The fourth-order valence-electron chi connectivity index (χ4n) is 1.62. The highest BCUT2D eigenvalue weighted by atomic mass is 35.5. The molecule has 0 unspecified atom stereocenters. The van der Waals surface area contributed by atoms with Crippen LogP contribution in [-0.2, 0) is 4.79 Å². The Morgan fingerprint density at radius 2 is 1.96 bits per heavy atom. The minimum Gasteiger partial charge on any atom is -0.545 e. The van der Waals surface area contributed by atoms with Gasteiger partial charge in [-0.3, -0.25) is 4.79 Å². The van der Waals surface area contributed by atoms with Crippen molar-refractivity contribution in [3.8, 4) is 5.75 Å². The van der Waals surface area contributed by atoms with Gasteiger partial charge in [0.1, 0.15) is 5.75 Å². The molecule has 0 saturated heterocycles. The van der Waals surface area contributed by atoms with Crippen LogP contribution in [0.5, 0.6) is 5.75 Å². The molecule has 1 amide bonds. The highest BCUT2D eigenvalue weighted by Gasteiger charge is 2.01. The van der Waals surface area contributed by atoms with Gasteiger partial charge in [-0.2, -0.15) is 5.10 Å². The molecule has 0 spiro atoms. The maximum atomic E-state index is 11.6. The molecule has 6 nitrogen and oxygen atoms in total. The monoisotopic (exact) mass is 331 g/mol. The number of carboxylic acids is 1. The number of rotatable bonds is 6. The fourth-order valence-corrected chi connectivity index (χ4v) is 1.80. The zero-order chi connectivity index (χ0) is 16.7. The molecule has 0 aromatic heterocycles. The van der Waals surface area contributed by atoms with Gasteiger partial charge in [-0.15, -0.1) is 0 Å². The first kappa shape index (κ1) is 16.5. The number of amides is 1. The Kier molecular flexibility index (Phi) is 5.71. The molecule has 2 aromatic rings. The van der Waals surface area contributed by atoms with Crippen molar-refractivity contribution < 1.29 is 19.4 Å². The van der Waals surface area contributed by atoms with Gasteiger partial charge in [0.25, 0.3) is 5.91 Å². The van der Waals surface area contributed by atoms with Gasteiger partial charge in [0.2, 0.25) is 0 Å². The van der Waals surface area contributed by atoms with Gasteiger partial charge in [-0.1, -0.05) is 41.9 Å². The molecule has 0 aliphatic rings. The van der Waals surface area contributed by atoms with Gasteiger partial charge in [0, 0.05) is 5.02 Å². The Morgan fingerprint density at radius 1 is 1.22 bits per heavy atom. The summed E-state index contributed by atoms with van der Waals surface area (Å²) >= 11 is 5.80. The fraction of sp³-hybridized carbons (Fsp3) is 0.0625. The van der Waals surface area contributed by atoms with E-state index in [9.17, 15) is 14.7 Å². The average Bonchev–Trinajstić information content (AvgIpc) is 2.53. The van der Waals surface area contributed by atoms with E-state index >= 15 is 0 Å². The standard InChI is InChI=1S/C16H13ClN2O4/c17-13-2-1-3-14(8-13)23-10-15(20)19-18-9-11-4-6-12(7-5-11)16(21)22/h1-9H,10H2,(H,19,20)(H,21,22)/p-1/b18-9+. The molecule has 23 heavy (non-hydrogen) atoms. The lowest BCUT2D eigenvalue weighted by Crippen LogP contribution is -2.24. The Morgan fingerprint density at radius 3 is 2.61 bits per heavy atom. The molecule has 118 valence electrons. The van der Waals surface area contributed by atoms with Gasteiger partial charge in [-0.25, -0.2) is 5.43 Å². The van der Waals surface area contributed by atoms with Crippen LogP contribution >= 0.6 is 11.6 Å². The summed E-state index contributed by atoms with van der Waals surface area (Å²) in [5, 5.41) is 14.9. The van der Waals surface area contributed by atoms with E-state index in [-0.39, 0.29) is 12.2 Å². The first-order valence-electron chi connectivity index (χ1n) is 6.56. The second-order valence-corrected chi connectivity index (χ2v) is 4.89. The van der Waals surface area contributed by atoms with E-state index in [1.807, 2.05) is 0 Å². The minimum absolute atomic E-state index is 0.0705. The van der Waals surface area contributed by atoms with Crippen LogP contribution in [-0.4, -0.2) is 24.7 Å². The van der Waals surface area contributed by atoms with Crippen molar-refractivity contribution in [1.29, 1.82) is 0 Å². The third kappa shape index (κ3) is 5.44. The number of hydrazone groups is 1. The lowest BCUT2D eigenvalue weighted by molar-refractivity contribution is -0.255. The molecule has 7 heteroatoms. The predicted octanol–water partition coefficient (Wildman–Crippen LogP) is 1.23. The maximum Gasteiger partial charge on any atom is 0.277 e. The number of nitrogens with zero attached hydrogens (tertiary/aromatic N) is 1. The Labute approximate surface area is 137 Å². The number of hydrogen-bond acceptors (Lipinski definition) is 5. The van der Waals surface area contributed by atoms with E-state index < -0.39 is 11.9 Å². The van der Waals surface area contributed by atoms with Crippen LogP contribution in [0.4, 0.5) is 0 Å². The predicted molar refractivity (Wildman–Crippen MR) is 83.5 cm³/mol. The molecule has 0 atom stereocenters. The number of carbonyl (C=O) groups is 2. The van der Waals surface area contributed by atoms with Crippen molar-refractivity contribution in [3.05, 3.63) is 64.7 Å². The molecular weight excluding hydrogens is 320 g/mol. The van der Waals surface area contributed by atoms with Crippen molar-refractivity contribution in [3.63, 3.8) is 0 Å². The van der Waals surface area contributed by atoms with Crippen molar-refractivity contribution in [2.75, 3.05) is 6.61 Å². The van der Waals surface area contributed by atoms with E-state index in [1.54, 1.807) is 36.4 Å². The molecule has 0 saturated carbocycles. The van der Waals surface area contributed by atoms with Gasteiger partial charge in [0.15, 0.2) is 6.61 Å². The number of hydrogen-bond donors (Lipinski definition) is 1. The van der Waals surface area contributed by atoms with Crippen LogP contribution in [0.1, 0.15) is 15.9 Å². The van der Waals surface area contributed by atoms with Crippen LogP contribution in [0.25, 0.3) is 0 Å². The normalized spacial score (nSPS) is 10.5. The summed E-state index contributed by atoms with van der Waals surface area (Å²) in [5.74, 6) is -1.21. The van der Waals surface area contributed by atoms with Crippen LogP contribution < -0.4 is 15.3 Å². The molecule has 0 heterocycles. The summed E-state index contributed by atoms with van der Waals surface area (Å²) in [5.41, 5.74) is 3.00. The number of benzene rings is 2. The maximum absolute atomic E-state index is 11.6. The first-order chi connectivity index (χ1) is 11.0. The minimum atomic E-state index is -1.25. The summed E-state index contributed by atoms with van der Waals surface area (Å²) < 4.78 is 5.25. The van der Waals surface area contributed by atoms with Crippen molar-refractivity contribution >= 4 is 29.7 Å². The average molecular weight is 332 g/mol. The van der Waals surface area contributed by atoms with Gasteiger partial charge in [0.05, 0.1) is 12.2 Å². The summed E-state index contributed by atoms with van der Waals surface area (Å²) in [6.45, 7) is -0.207. The first-order valence-corrected chi connectivity index (χ1v) is 6.94. The largest absolute Gasteiger partial charge is 0.545 e. The molecule has 2 rings (SSSR count). The molecule has 0 aliphatic carbocycles. The van der Waals surface area contributed by atoms with Crippen LogP contribution in [0.15, 0.2) is 53.6 Å². The summed E-state index contributed by atoms with van der Waals surface area (Å²) in [4.78, 5) is 22.2. The number of carbonyl (C=O) groups excluding carboxylic acids is 2. The van der Waals surface area contributed by atoms with E-state index in [0.29, 0.717) is 16.3 Å². The SMILES string of the molecule is O=C(COc1cccc(Cl)c1)N/N=C/c1ccc(C(=O)[O-])cc1. The lowest BCUT2D eigenvalue weighted by atomic mass is 10.1. The highest BCUT2D eigenvalue weighted by molar-refractivity contribution is 6.30. The molecule has 0 fully saturated rings. The zero-order valence-corrected chi connectivity index (χ0v) is 12.6. The quantitative estimate of drug-likeness (QED) is 0.636. The lowest BCUT2D eigenvalue weighted by Gasteiger charge is -2.05. The number of carboxylic acid groups (broad SMARTS) is 1. The number of nitrogens with one attached hydrogen (secondary N) is 1. The number of aromatic carboxylic acids is 1. The van der Waals surface area contributed by atoms with Crippen LogP contribution in [0, 0.1) is 0 Å². The molecule has 0 aliphatic heterocycles. The van der Waals surface area contributed by atoms with E-state index in [2.05, 4.69) is 10.5 Å². The smallest absolute Gasteiger partial charge is 0.277 e. The van der Waals surface area contributed by atoms with Crippen LogP contribution in [0.2, 0.25) is 5.02 Å². The van der Waals surface area contributed by atoms with Gasteiger partial charge < -0.3 is 14.6 Å². The zero-order valence-electron chi connectivity index (χ0n) is 11.9. The molecular formula is C16H12ClN2O4-. The van der Waals surface area contributed by atoms with Gasteiger partial charge in [-0.05, 0) is 29.3 Å². The second kappa shape index (κ2) is 7.95. The van der Waals surface area contributed by atoms with E-state index in [0.717, 1.165) is 0 Å². The Bertz CT molecular complexity index is 729. The van der Waals surface area contributed by atoms with Crippen LogP contribution in [0.3, 0.4) is 0 Å². The molecule has 2 aromatic carbocycles. The van der Waals surface area contributed by atoms with Crippen molar-refractivity contribution in [2.45, 2.75) is 0 Å². The van der Waals surface area contributed by atoms with Gasteiger partial charge >= 0.3 is 0 Å². The Hall–Kier alpha value is -2.86. The highest BCUT2D eigenvalue weighted by Crippen LogP contribution is 2.16. The summed E-state index contributed by atoms with van der Waals surface area (Å²) in [6.07, 6.45) is 1.39. The molecule has 1 N–H and O–H groups in total. The van der Waals surface area contributed by atoms with Crippen molar-refractivity contribution in [2.24, 2.45) is 5.10 Å². The summed E-state index contributed by atoms with van der Waals surface area (Å²) in [6, 6.07) is 12.6. The number of halogens is 1. The van der Waals surface area contributed by atoms with E-state index in [4.69, 9.17) is 16.3 Å². The number of ether oxygens (including phenoxy) is 1. The van der Waals surface area contributed by atoms with Crippen molar-refractivity contribution in [1.82, 2.24) is 5.43 Å². The third-order valence-corrected chi connectivity index (χ3v) is 2.95. The third-order valence-electron chi connectivity index (χ3n) is 2.72. The summed E-state index contributed by atoms with van der Waals surface area (Å²) in [7, 11) is 0. The topological polar surface area (TPSA) is 90.8 Å². The van der Waals surface area contributed by atoms with E-state index in [1.165, 1.54) is 18.3 Å². The molecule has 0 bridgehead atoms. The Balaban J connectivity index is 1.80. The second-order valence-electron chi connectivity index (χ2n) is 4.45. The molecule has 0 radical (unpaired) electrons.